The van der Waals surface area contributed by atoms with Crippen molar-refractivity contribution in [3.63, 3.8) is 0 Å². The number of likely N-dealkylation sites (N-methyl/N-ethyl adjacent to an activating group) is 7. The Labute approximate surface area is 585 Å². The summed E-state index contributed by atoms with van der Waals surface area (Å²) in [4.78, 5) is 201. The van der Waals surface area contributed by atoms with Crippen molar-refractivity contribution < 1.29 is 67.4 Å². The maximum absolute atomic E-state index is 15.2. The van der Waals surface area contributed by atoms with Crippen molar-refractivity contribution in [3.05, 3.63) is 71.8 Å². The predicted molar refractivity (Wildman–Crippen MR) is 374 cm³/mol. The lowest BCUT2D eigenvalue weighted by molar-refractivity contribution is -0.153. The van der Waals surface area contributed by atoms with Gasteiger partial charge in [0, 0.05) is 95.3 Å². The summed E-state index contributed by atoms with van der Waals surface area (Å²) in [6.07, 6.45) is 0.850. The first kappa shape index (κ1) is 82.9. The molecule has 5 N–H and O–H groups in total. The van der Waals surface area contributed by atoms with Gasteiger partial charge in [-0.15, -0.1) is 0 Å². The van der Waals surface area contributed by atoms with Gasteiger partial charge in [-0.3, -0.25) is 62.3 Å². The first-order chi connectivity index (χ1) is 46.5. The number of aliphatic hydroxyl groups excluding tert-OH is 1. The number of piperidine rings is 1. The minimum atomic E-state index is -1.65. The standard InChI is InChI=1S/C72H113N13O14/c1-19-30-54-69(96)84(18)61(45(5)6)65(92)73-47(8)66(93)79(13)48(9)63(90)76-60(49(10)86)71(98)78(12)43-59(89)83(17)62(46(7)20-2)72(99)81(15)55(40-50-31-24-21-25-32-50)64(91)75-53(68(95)85-36-28-23-29-37-85)42-58(88)77(11)38-35-57(87)74-52(39-44(3)4)67(94)82(16)56(70(97)80(54)14)41-51-33-26-22-27-34-51/h21-22,24-27,31-34,44-49,52-56,60-62,86H,19-20,23,28-30,35-43H2,1-18H3,(H,73,92)(H,74,87)(H,75,91)(H,76,90)/t46-,47-,48-,49+,52?,53-,54-,55-,56-,60-,61-,62-/m0/s1. The van der Waals surface area contributed by atoms with Crippen LogP contribution in [0.25, 0.3) is 0 Å². The molecule has 99 heavy (non-hydrogen) atoms. The summed E-state index contributed by atoms with van der Waals surface area (Å²) in [7, 11) is 11.2. The summed E-state index contributed by atoms with van der Waals surface area (Å²) >= 11 is 0. The highest BCUT2D eigenvalue weighted by Gasteiger charge is 2.44. The molecule has 0 aliphatic carbocycles. The Hall–Kier alpha value is -8.49. The number of benzene rings is 2. The number of amides is 13. The molecule has 2 aromatic rings. The molecule has 27 heteroatoms. The Morgan fingerprint density at radius 3 is 1.59 bits per heavy atom. The van der Waals surface area contributed by atoms with E-state index in [2.05, 4.69) is 21.3 Å². The number of nitrogens with zero attached hydrogens (tertiary/aromatic N) is 9. The number of hydrogen-bond donors (Lipinski definition) is 5. The van der Waals surface area contributed by atoms with Crippen LogP contribution in [-0.2, 0) is 75.2 Å². The van der Waals surface area contributed by atoms with E-state index in [9.17, 15) is 53.1 Å². The fourth-order valence-electron chi connectivity index (χ4n) is 12.7. The second-order valence-corrected chi connectivity index (χ2v) is 27.8. The predicted octanol–water partition coefficient (Wildman–Crippen LogP) is 2.06. The average Bonchev–Trinajstić information content (AvgIpc) is 0.817. The van der Waals surface area contributed by atoms with Gasteiger partial charge in [-0.2, -0.15) is 0 Å². The summed E-state index contributed by atoms with van der Waals surface area (Å²) in [5.74, 6) is -10.2. The molecule has 2 aromatic carbocycles. The quantitative estimate of drug-likeness (QED) is 0.192. The molecular weight excluding hydrogens is 1270 g/mol. The first-order valence-corrected chi connectivity index (χ1v) is 34.8. The average molecular weight is 1380 g/mol. The van der Waals surface area contributed by atoms with Gasteiger partial charge in [0.05, 0.1) is 19.1 Å². The fourth-order valence-corrected chi connectivity index (χ4v) is 12.7. The van der Waals surface area contributed by atoms with E-state index in [1.54, 1.807) is 86.3 Å². The van der Waals surface area contributed by atoms with Gasteiger partial charge in [-0.1, -0.05) is 122 Å². The Balaban J connectivity index is 1.86. The van der Waals surface area contributed by atoms with Crippen molar-refractivity contribution in [2.24, 2.45) is 17.8 Å². The Morgan fingerprint density at radius 2 is 1.06 bits per heavy atom. The van der Waals surface area contributed by atoms with Crippen molar-refractivity contribution >= 4 is 76.8 Å². The van der Waals surface area contributed by atoms with Gasteiger partial charge >= 0.3 is 0 Å². The molecule has 2 fully saturated rings. The smallest absolute Gasteiger partial charge is 0.248 e. The zero-order valence-corrected chi connectivity index (χ0v) is 61.7. The molecule has 4 rings (SSSR count). The maximum Gasteiger partial charge on any atom is 0.248 e. The number of rotatable bonds is 13. The molecule has 2 heterocycles. The Kier molecular flexibility index (Phi) is 32.5. The van der Waals surface area contributed by atoms with E-state index in [1.807, 2.05) is 27.7 Å². The van der Waals surface area contributed by atoms with E-state index in [0.717, 1.165) is 16.2 Å². The summed E-state index contributed by atoms with van der Waals surface area (Å²) in [5, 5.41) is 21.9. The van der Waals surface area contributed by atoms with Gasteiger partial charge in [-0.05, 0) is 81.8 Å². The van der Waals surface area contributed by atoms with Crippen LogP contribution in [0.5, 0.6) is 0 Å². The van der Waals surface area contributed by atoms with Gasteiger partial charge in [0.1, 0.15) is 60.4 Å². The third-order valence-electron chi connectivity index (χ3n) is 19.3. The normalized spacial score (nSPS) is 25.9. The van der Waals surface area contributed by atoms with Crippen molar-refractivity contribution in [1.29, 1.82) is 0 Å². The second-order valence-electron chi connectivity index (χ2n) is 27.8. The lowest BCUT2D eigenvalue weighted by Crippen LogP contribution is -2.61. The van der Waals surface area contributed by atoms with E-state index in [1.165, 1.54) is 107 Å². The highest BCUT2D eigenvalue weighted by Crippen LogP contribution is 2.24. The molecule has 1 unspecified atom stereocenters. The molecule has 12 atom stereocenters. The minimum Gasteiger partial charge on any atom is -0.391 e. The number of likely N-dealkylation sites (tertiary alicyclic amines) is 1. The van der Waals surface area contributed by atoms with E-state index in [0.29, 0.717) is 49.9 Å². The largest absolute Gasteiger partial charge is 0.391 e. The van der Waals surface area contributed by atoms with Gasteiger partial charge < -0.3 is 70.5 Å². The van der Waals surface area contributed by atoms with E-state index >= 15 is 14.4 Å². The fraction of sp³-hybridized carbons (Fsp3) is 0.653. The summed E-state index contributed by atoms with van der Waals surface area (Å²) < 4.78 is 0. The van der Waals surface area contributed by atoms with Crippen LogP contribution in [0.3, 0.4) is 0 Å². The lowest BCUT2D eigenvalue weighted by atomic mass is 9.94. The molecule has 0 saturated carbocycles. The minimum absolute atomic E-state index is 0.00132. The van der Waals surface area contributed by atoms with E-state index < -0.39 is 168 Å². The van der Waals surface area contributed by atoms with Crippen LogP contribution in [0.2, 0.25) is 0 Å². The SMILES string of the molecule is CCC[C@H]1C(=O)N(C)[C@@H](C(C)C)C(=O)N[C@@H](C)C(=O)N(C)[C@@H](C)C(=O)N[C@@H]([C@@H](C)O)C(=O)N(C)CC(=O)N(C)[C@@H]([C@@H](C)CC)C(=O)N(C)[C@@H](Cc2ccccc2)C(=O)N[C@H](C(=O)N2CCCCC2)CC(=O)N(C)CCC(=O)NC(CC(C)C)C(=O)N(C)[C@@H](Cc2ccccc2)C(=O)N1C. The number of nitrogens with one attached hydrogen (secondary N) is 4. The highest BCUT2D eigenvalue weighted by atomic mass is 16.3. The topological polar surface area (TPSA) is 319 Å². The van der Waals surface area contributed by atoms with Crippen LogP contribution in [0, 0.1) is 17.8 Å². The Morgan fingerprint density at radius 1 is 0.525 bits per heavy atom. The third kappa shape index (κ3) is 22.8. The molecule has 2 aliphatic heterocycles. The molecule has 0 bridgehead atoms. The number of carbonyl (C=O) groups excluding carboxylic acids is 13. The Bertz CT molecular complexity index is 3110. The van der Waals surface area contributed by atoms with Gasteiger partial charge in [0.15, 0.2) is 0 Å². The summed E-state index contributed by atoms with van der Waals surface area (Å²) in [6, 6.07) is 4.75. The molecule has 2 aliphatic rings. The van der Waals surface area contributed by atoms with E-state index in [4.69, 9.17) is 0 Å². The van der Waals surface area contributed by atoms with Gasteiger partial charge in [0.25, 0.3) is 0 Å². The third-order valence-corrected chi connectivity index (χ3v) is 19.3. The zero-order chi connectivity index (χ0) is 74.4. The van der Waals surface area contributed by atoms with Gasteiger partial charge in [-0.25, -0.2) is 0 Å². The monoisotopic (exact) mass is 1380 g/mol. The molecule has 27 nitrogen and oxygen atoms in total. The maximum atomic E-state index is 15.2. The molecule has 2 saturated heterocycles. The van der Waals surface area contributed by atoms with Crippen molar-refractivity contribution in [1.82, 2.24) is 65.4 Å². The van der Waals surface area contributed by atoms with Crippen LogP contribution in [0.1, 0.15) is 138 Å². The molecule has 550 valence electrons. The zero-order valence-electron chi connectivity index (χ0n) is 61.7. The van der Waals surface area contributed by atoms with E-state index in [-0.39, 0.29) is 44.6 Å². The van der Waals surface area contributed by atoms with Crippen LogP contribution >= 0.6 is 0 Å². The second kappa shape index (κ2) is 38.8. The highest BCUT2D eigenvalue weighted by molar-refractivity contribution is 6.00. The number of aliphatic hydroxyl groups is 1. The van der Waals surface area contributed by atoms with Crippen LogP contribution in [-0.4, -0.2) is 275 Å². The van der Waals surface area contributed by atoms with Gasteiger partial charge in [0.2, 0.25) is 76.8 Å². The number of carbonyl (C=O) groups is 13. The van der Waals surface area contributed by atoms with Crippen molar-refractivity contribution in [3.8, 4) is 0 Å². The molecular formula is C72H113N13O14. The summed E-state index contributed by atoms with van der Waals surface area (Å²) in [6.45, 7) is 16.5. The van der Waals surface area contributed by atoms with Crippen molar-refractivity contribution in [2.75, 3.05) is 82.6 Å². The molecule has 0 aromatic heterocycles. The molecule has 13 amide bonds. The van der Waals surface area contributed by atoms with Crippen LogP contribution < -0.4 is 21.3 Å². The molecule has 0 spiro atoms. The summed E-state index contributed by atoms with van der Waals surface area (Å²) in [5.41, 5.74) is 1.32. The van der Waals surface area contributed by atoms with Crippen molar-refractivity contribution in [2.45, 2.75) is 206 Å². The molecule has 0 radical (unpaired) electrons. The lowest BCUT2D eigenvalue weighted by Gasteiger charge is -2.39. The number of hydrogen-bond acceptors (Lipinski definition) is 14. The van der Waals surface area contributed by atoms with Crippen LogP contribution in [0.15, 0.2) is 60.7 Å². The van der Waals surface area contributed by atoms with Crippen LogP contribution in [0.4, 0.5) is 0 Å². The first-order valence-electron chi connectivity index (χ1n) is 34.8.